The molecule has 178 valence electrons. The van der Waals surface area contributed by atoms with Crippen LogP contribution in [-0.2, 0) is 24.3 Å². The summed E-state index contributed by atoms with van der Waals surface area (Å²) in [6.07, 6.45) is -1.20. The molecule has 3 aromatic rings. The van der Waals surface area contributed by atoms with Crippen LogP contribution in [0.1, 0.15) is 17.3 Å². The maximum absolute atomic E-state index is 12.9. The Bertz CT molecular complexity index is 1330. The summed E-state index contributed by atoms with van der Waals surface area (Å²) in [6, 6.07) is 16.0. The molecule has 3 aromatic carbocycles. The Hall–Kier alpha value is -3.47. The number of nitrogens with zero attached hydrogens (tertiary/aromatic N) is 1. The molecule has 1 unspecified atom stereocenters. The molecule has 1 aliphatic heterocycles. The van der Waals surface area contributed by atoms with Crippen molar-refractivity contribution in [3.8, 4) is 5.75 Å². The van der Waals surface area contributed by atoms with Gasteiger partial charge in [-0.1, -0.05) is 30.3 Å². The minimum absolute atomic E-state index is 0.0398. The second-order valence-electron chi connectivity index (χ2n) is 7.80. The predicted molar refractivity (Wildman–Crippen MR) is 125 cm³/mol. The summed E-state index contributed by atoms with van der Waals surface area (Å²) in [5.74, 6) is -1.75. The molecule has 9 nitrogen and oxygen atoms in total. The first-order valence-corrected chi connectivity index (χ1v) is 12.1. The van der Waals surface area contributed by atoms with Gasteiger partial charge in [-0.15, -0.1) is 0 Å². The third-order valence-corrected chi connectivity index (χ3v) is 7.34. The molecule has 0 radical (unpaired) electrons. The molecule has 0 bridgehead atoms. The molecule has 0 spiro atoms. The molecule has 0 saturated carbocycles. The van der Waals surface area contributed by atoms with Crippen LogP contribution in [0.2, 0.25) is 0 Å². The molecule has 1 amide bonds. The Kier molecular flexibility index (Phi) is 6.82. The summed E-state index contributed by atoms with van der Waals surface area (Å²) in [6.45, 7) is 2.55. The number of ether oxygens (including phenoxy) is 2. The molecular formula is C24H24N2O7S. The van der Waals surface area contributed by atoms with E-state index in [9.17, 15) is 23.1 Å². The van der Waals surface area contributed by atoms with Crippen LogP contribution in [0.5, 0.6) is 5.75 Å². The molecule has 34 heavy (non-hydrogen) atoms. The van der Waals surface area contributed by atoms with Gasteiger partial charge in [-0.25, -0.2) is 13.2 Å². The summed E-state index contributed by atoms with van der Waals surface area (Å²) in [7, 11) is -3.73. The fraction of sp³-hybridized carbons (Fsp3) is 0.250. The lowest BCUT2D eigenvalue weighted by atomic mass is 10.1. The van der Waals surface area contributed by atoms with E-state index in [0.29, 0.717) is 13.2 Å². The number of aromatic hydroxyl groups is 1. The Morgan fingerprint density at radius 1 is 1.03 bits per heavy atom. The number of rotatable bonds is 6. The average molecular weight is 485 g/mol. The van der Waals surface area contributed by atoms with E-state index in [-0.39, 0.29) is 35.0 Å². The topological polar surface area (TPSA) is 122 Å². The molecular weight excluding hydrogens is 460 g/mol. The van der Waals surface area contributed by atoms with Crippen LogP contribution in [-0.4, -0.2) is 62.1 Å². The zero-order chi connectivity index (χ0) is 24.3. The highest BCUT2D eigenvalue weighted by Crippen LogP contribution is 2.26. The molecule has 1 atom stereocenters. The van der Waals surface area contributed by atoms with E-state index in [1.807, 2.05) is 6.07 Å². The number of carbonyl (C=O) groups is 2. The molecule has 10 heteroatoms. The normalized spacial score (nSPS) is 15.6. The Morgan fingerprint density at radius 3 is 2.41 bits per heavy atom. The van der Waals surface area contributed by atoms with E-state index >= 15 is 0 Å². The fourth-order valence-electron chi connectivity index (χ4n) is 3.58. The number of benzene rings is 3. The van der Waals surface area contributed by atoms with Crippen molar-refractivity contribution in [2.24, 2.45) is 0 Å². The highest BCUT2D eigenvalue weighted by atomic mass is 32.2. The maximum Gasteiger partial charge on any atom is 0.342 e. The van der Waals surface area contributed by atoms with Crippen LogP contribution in [0.15, 0.2) is 65.6 Å². The number of morpholine rings is 1. The predicted octanol–water partition coefficient (Wildman–Crippen LogP) is 2.75. The molecule has 0 aliphatic carbocycles. The molecule has 1 heterocycles. The van der Waals surface area contributed by atoms with Gasteiger partial charge in [-0.05, 0) is 48.0 Å². The van der Waals surface area contributed by atoms with Gasteiger partial charge in [0.1, 0.15) is 11.3 Å². The Labute approximate surface area is 196 Å². The number of fused-ring (bicyclic) bond motifs is 1. The standard InChI is InChI=1S/C24H24N2O7S/c1-16(33-24(29)21-13-17-5-2-3-6-18(17)14-22(21)27)23(28)25-19-7-4-8-20(15-19)34(30,31)26-9-11-32-12-10-26/h2-8,13-16,27H,9-12H2,1H3,(H,25,28). The monoisotopic (exact) mass is 484 g/mol. The van der Waals surface area contributed by atoms with Crippen molar-refractivity contribution < 1.29 is 32.6 Å². The maximum atomic E-state index is 12.9. The van der Waals surface area contributed by atoms with E-state index in [1.54, 1.807) is 24.3 Å². The molecule has 1 saturated heterocycles. The zero-order valence-electron chi connectivity index (χ0n) is 18.4. The third kappa shape index (κ3) is 5.04. The van der Waals surface area contributed by atoms with E-state index < -0.39 is 28.0 Å². The number of phenols is 1. The van der Waals surface area contributed by atoms with Crippen molar-refractivity contribution in [3.63, 3.8) is 0 Å². The van der Waals surface area contributed by atoms with Gasteiger partial charge in [0.25, 0.3) is 5.91 Å². The van der Waals surface area contributed by atoms with Gasteiger partial charge in [0, 0.05) is 18.8 Å². The van der Waals surface area contributed by atoms with E-state index in [1.165, 1.54) is 41.6 Å². The van der Waals surface area contributed by atoms with Gasteiger partial charge < -0.3 is 19.9 Å². The molecule has 2 N–H and O–H groups in total. The smallest absolute Gasteiger partial charge is 0.342 e. The number of esters is 1. The summed E-state index contributed by atoms with van der Waals surface area (Å²) in [5, 5.41) is 14.3. The molecule has 0 aromatic heterocycles. The average Bonchev–Trinajstić information content (AvgIpc) is 2.84. The summed E-state index contributed by atoms with van der Waals surface area (Å²) in [4.78, 5) is 25.2. The van der Waals surface area contributed by atoms with Gasteiger partial charge in [-0.2, -0.15) is 4.31 Å². The second kappa shape index (κ2) is 9.80. The number of hydrogen-bond acceptors (Lipinski definition) is 7. The van der Waals surface area contributed by atoms with Crippen molar-refractivity contribution in [2.45, 2.75) is 17.9 Å². The summed E-state index contributed by atoms with van der Waals surface area (Å²) in [5.41, 5.74) is 0.188. The molecule has 1 aliphatic rings. The number of amides is 1. The lowest BCUT2D eigenvalue weighted by Gasteiger charge is -2.26. The van der Waals surface area contributed by atoms with Gasteiger partial charge in [0.2, 0.25) is 10.0 Å². The van der Waals surface area contributed by atoms with Crippen LogP contribution >= 0.6 is 0 Å². The van der Waals surface area contributed by atoms with E-state index in [4.69, 9.17) is 9.47 Å². The molecule has 4 rings (SSSR count). The van der Waals surface area contributed by atoms with Crippen molar-refractivity contribution >= 4 is 38.4 Å². The van der Waals surface area contributed by atoms with Crippen molar-refractivity contribution in [1.82, 2.24) is 4.31 Å². The highest BCUT2D eigenvalue weighted by molar-refractivity contribution is 7.89. The van der Waals surface area contributed by atoms with E-state index in [0.717, 1.165) is 10.8 Å². The largest absolute Gasteiger partial charge is 0.507 e. The third-order valence-electron chi connectivity index (χ3n) is 5.45. The lowest BCUT2D eigenvalue weighted by molar-refractivity contribution is -0.123. The van der Waals surface area contributed by atoms with Crippen LogP contribution < -0.4 is 5.32 Å². The number of sulfonamides is 1. The number of nitrogens with one attached hydrogen (secondary N) is 1. The lowest BCUT2D eigenvalue weighted by Crippen LogP contribution is -2.40. The van der Waals surface area contributed by atoms with E-state index in [2.05, 4.69) is 5.32 Å². The Morgan fingerprint density at radius 2 is 1.71 bits per heavy atom. The van der Waals surface area contributed by atoms with Crippen LogP contribution in [0, 0.1) is 0 Å². The minimum atomic E-state index is -3.73. The summed E-state index contributed by atoms with van der Waals surface area (Å²) >= 11 is 0. The van der Waals surface area contributed by atoms with Gasteiger partial charge in [0.05, 0.1) is 18.1 Å². The quantitative estimate of drug-likeness (QED) is 0.516. The Balaban J connectivity index is 1.44. The zero-order valence-corrected chi connectivity index (χ0v) is 19.2. The van der Waals surface area contributed by atoms with Gasteiger partial charge >= 0.3 is 5.97 Å². The fourth-order valence-corrected chi connectivity index (χ4v) is 5.04. The van der Waals surface area contributed by atoms with Crippen LogP contribution in [0.3, 0.4) is 0 Å². The number of hydrogen-bond donors (Lipinski definition) is 2. The first kappa shape index (κ1) is 23.7. The van der Waals surface area contributed by atoms with Gasteiger partial charge in [-0.3, -0.25) is 4.79 Å². The number of anilines is 1. The van der Waals surface area contributed by atoms with Gasteiger partial charge in [0.15, 0.2) is 6.10 Å². The highest BCUT2D eigenvalue weighted by Gasteiger charge is 2.27. The number of carbonyl (C=O) groups excluding carboxylic acids is 2. The van der Waals surface area contributed by atoms with Crippen molar-refractivity contribution in [3.05, 3.63) is 66.2 Å². The minimum Gasteiger partial charge on any atom is -0.507 e. The van der Waals surface area contributed by atoms with Crippen LogP contribution in [0.4, 0.5) is 5.69 Å². The van der Waals surface area contributed by atoms with Crippen molar-refractivity contribution in [2.75, 3.05) is 31.6 Å². The first-order chi connectivity index (χ1) is 16.3. The SMILES string of the molecule is CC(OC(=O)c1cc2ccccc2cc1O)C(=O)Nc1cccc(S(=O)(=O)N2CCOCC2)c1. The van der Waals surface area contributed by atoms with Crippen LogP contribution in [0.25, 0.3) is 10.8 Å². The number of phenolic OH excluding ortho intramolecular Hbond substituents is 1. The summed E-state index contributed by atoms with van der Waals surface area (Å²) < 4.78 is 37.5. The second-order valence-corrected chi connectivity index (χ2v) is 9.74. The first-order valence-electron chi connectivity index (χ1n) is 10.7. The van der Waals surface area contributed by atoms with Crippen molar-refractivity contribution in [1.29, 1.82) is 0 Å². The molecule has 1 fully saturated rings.